The summed E-state index contributed by atoms with van der Waals surface area (Å²) in [7, 11) is 0. The fourth-order valence-electron chi connectivity index (χ4n) is 2.96. The van der Waals surface area contributed by atoms with Gasteiger partial charge in [0.25, 0.3) is 0 Å². The second kappa shape index (κ2) is 7.35. The minimum absolute atomic E-state index is 0.0334. The third kappa shape index (κ3) is 3.94. The highest BCUT2D eigenvalue weighted by Crippen LogP contribution is 2.28. The van der Waals surface area contributed by atoms with Crippen LogP contribution in [0.3, 0.4) is 0 Å². The summed E-state index contributed by atoms with van der Waals surface area (Å²) in [4.78, 5) is 15.3. The molecule has 0 bridgehead atoms. The van der Waals surface area contributed by atoms with E-state index in [0.717, 1.165) is 30.6 Å². The molecule has 2 atom stereocenters. The average molecular weight is 311 g/mol. The Morgan fingerprint density at radius 1 is 1.30 bits per heavy atom. The van der Waals surface area contributed by atoms with Gasteiger partial charge in [0.1, 0.15) is 0 Å². The number of amides is 1. The number of nitrogens with zero attached hydrogens (tertiary/aromatic N) is 1. The van der Waals surface area contributed by atoms with Crippen molar-refractivity contribution < 1.29 is 9.53 Å². The lowest BCUT2D eigenvalue weighted by atomic mass is 9.96. The quantitative estimate of drug-likeness (QED) is 0.887. The topological polar surface area (TPSA) is 77.2 Å². The summed E-state index contributed by atoms with van der Waals surface area (Å²) in [5.74, 6) is -0.400. The number of carbonyl (C=O) groups is 1. The van der Waals surface area contributed by atoms with Gasteiger partial charge in [0.05, 0.1) is 6.10 Å². The van der Waals surface area contributed by atoms with E-state index >= 15 is 0 Å². The Morgan fingerprint density at radius 2 is 2.13 bits per heavy atom. The summed E-state index contributed by atoms with van der Waals surface area (Å²) in [5, 5.41) is 3.56. The van der Waals surface area contributed by atoms with Crippen LogP contribution in [0.25, 0.3) is 0 Å². The van der Waals surface area contributed by atoms with Crippen LogP contribution in [0.15, 0.2) is 48.8 Å². The Hall–Kier alpha value is -2.24. The lowest BCUT2D eigenvalue weighted by Crippen LogP contribution is -2.39. The number of nitrogens with one attached hydrogen (secondary N) is 1. The first-order chi connectivity index (χ1) is 11.2. The zero-order chi connectivity index (χ0) is 16.1. The van der Waals surface area contributed by atoms with Gasteiger partial charge >= 0.3 is 0 Å². The van der Waals surface area contributed by atoms with Crippen LogP contribution in [0.2, 0.25) is 0 Å². The molecule has 2 heterocycles. The molecule has 0 aliphatic carbocycles. The molecular weight excluding hydrogens is 290 g/mol. The van der Waals surface area contributed by atoms with Gasteiger partial charge in [0.2, 0.25) is 5.91 Å². The Balaban J connectivity index is 1.68. The predicted molar refractivity (Wildman–Crippen MR) is 87.8 cm³/mol. The van der Waals surface area contributed by atoms with Gasteiger partial charge in [-0.3, -0.25) is 9.78 Å². The van der Waals surface area contributed by atoms with Gasteiger partial charge in [-0.05, 0) is 48.2 Å². The molecular formula is C18H21N3O2. The van der Waals surface area contributed by atoms with E-state index in [0.29, 0.717) is 12.1 Å². The fraction of sp³-hybridized carbons (Fsp3) is 0.333. The summed E-state index contributed by atoms with van der Waals surface area (Å²) in [6, 6.07) is 11.6. The number of carbonyl (C=O) groups excluding carboxylic acids is 1. The summed E-state index contributed by atoms with van der Waals surface area (Å²) in [6.07, 6.45) is 5.72. The van der Waals surface area contributed by atoms with Gasteiger partial charge in [-0.2, -0.15) is 0 Å². The maximum Gasteiger partial charge on any atom is 0.248 e. The average Bonchev–Trinajstić information content (AvgIpc) is 2.61. The van der Waals surface area contributed by atoms with Gasteiger partial charge in [-0.15, -0.1) is 0 Å². The lowest BCUT2D eigenvalue weighted by Gasteiger charge is -2.33. The maximum atomic E-state index is 11.3. The molecule has 1 aromatic heterocycles. The summed E-state index contributed by atoms with van der Waals surface area (Å²) >= 11 is 0. The molecule has 120 valence electrons. The molecule has 1 fully saturated rings. The van der Waals surface area contributed by atoms with Crippen LogP contribution in [-0.2, 0) is 11.3 Å². The second-order valence-corrected chi connectivity index (χ2v) is 5.77. The number of pyridine rings is 1. The SMILES string of the molecule is NC(=O)c1cccc(CN[C@H]2CCCO[C@@H]2c2ccncc2)c1. The number of nitrogens with two attached hydrogens (primary N) is 1. The van der Waals surface area contributed by atoms with Gasteiger partial charge in [0, 0.05) is 37.2 Å². The van der Waals surface area contributed by atoms with E-state index in [9.17, 15) is 4.79 Å². The minimum Gasteiger partial charge on any atom is -0.372 e. The second-order valence-electron chi connectivity index (χ2n) is 5.77. The molecule has 5 heteroatoms. The zero-order valence-corrected chi connectivity index (χ0v) is 12.9. The summed E-state index contributed by atoms with van der Waals surface area (Å²) in [6.45, 7) is 1.46. The van der Waals surface area contributed by atoms with Crippen molar-refractivity contribution in [2.75, 3.05) is 6.61 Å². The molecule has 1 aliphatic heterocycles. The van der Waals surface area contributed by atoms with E-state index in [1.54, 1.807) is 18.5 Å². The van der Waals surface area contributed by atoms with Gasteiger partial charge in [-0.1, -0.05) is 12.1 Å². The predicted octanol–water partition coefficient (Wildman–Crippen LogP) is 2.19. The van der Waals surface area contributed by atoms with Crippen LogP contribution in [0.5, 0.6) is 0 Å². The molecule has 0 radical (unpaired) electrons. The number of hydrogen-bond donors (Lipinski definition) is 2. The van der Waals surface area contributed by atoms with Crippen molar-refractivity contribution in [2.45, 2.75) is 31.5 Å². The Morgan fingerprint density at radius 3 is 2.91 bits per heavy atom. The molecule has 0 saturated carbocycles. The maximum absolute atomic E-state index is 11.3. The first-order valence-electron chi connectivity index (χ1n) is 7.87. The van der Waals surface area contributed by atoms with Crippen molar-refractivity contribution in [3.8, 4) is 0 Å². The van der Waals surface area contributed by atoms with Crippen LogP contribution in [-0.4, -0.2) is 23.5 Å². The van der Waals surface area contributed by atoms with Crippen molar-refractivity contribution in [3.05, 3.63) is 65.5 Å². The zero-order valence-electron chi connectivity index (χ0n) is 12.9. The van der Waals surface area contributed by atoms with E-state index in [1.165, 1.54) is 0 Å². The van der Waals surface area contributed by atoms with Crippen molar-refractivity contribution >= 4 is 5.91 Å². The van der Waals surface area contributed by atoms with E-state index < -0.39 is 5.91 Å². The van der Waals surface area contributed by atoms with Crippen molar-refractivity contribution in [3.63, 3.8) is 0 Å². The van der Waals surface area contributed by atoms with Crippen molar-refractivity contribution in [1.29, 1.82) is 0 Å². The lowest BCUT2D eigenvalue weighted by molar-refractivity contribution is -0.0112. The minimum atomic E-state index is -0.400. The number of primary amides is 1. The third-order valence-electron chi connectivity index (χ3n) is 4.14. The molecule has 1 aromatic carbocycles. The van der Waals surface area contributed by atoms with E-state index in [1.807, 2.05) is 30.3 Å². The molecule has 1 aliphatic rings. The molecule has 2 aromatic rings. The van der Waals surface area contributed by atoms with Gasteiger partial charge in [-0.25, -0.2) is 0 Å². The van der Waals surface area contributed by atoms with E-state index in [4.69, 9.17) is 10.5 Å². The van der Waals surface area contributed by atoms with Crippen LogP contribution < -0.4 is 11.1 Å². The molecule has 0 unspecified atom stereocenters. The standard InChI is InChI=1S/C18H21N3O2/c19-18(22)15-4-1-3-13(11-15)12-21-16-5-2-10-23-17(16)14-6-8-20-9-7-14/h1,3-4,6-9,11,16-17,21H,2,5,10,12H2,(H2,19,22)/t16-,17+/m0/s1. The molecule has 0 spiro atoms. The molecule has 23 heavy (non-hydrogen) atoms. The molecule has 1 saturated heterocycles. The highest BCUT2D eigenvalue weighted by atomic mass is 16.5. The van der Waals surface area contributed by atoms with Crippen molar-refractivity contribution in [2.24, 2.45) is 5.73 Å². The van der Waals surface area contributed by atoms with Crippen LogP contribution in [0, 0.1) is 0 Å². The number of aromatic nitrogens is 1. The van der Waals surface area contributed by atoms with Gasteiger partial charge < -0.3 is 15.8 Å². The normalized spacial score (nSPS) is 21.0. The van der Waals surface area contributed by atoms with Crippen LogP contribution in [0.1, 0.15) is 40.4 Å². The van der Waals surface area contributed by atoms with Gasteiger partial charge in [0.15, 0.2) is 0 Å². The fourth-order valence-corrected chi connectivity index (χ4v) is 2.96. The largest absolute Gasteiger partial charge is 0.372 e. The molecule has 3 rings (SSSR count). The summed E-state index contributed by atoms with van der Waals surface area (Å²) in [5.41, 5.74) is 8.06. The van der Waals surface area contributed by atoms with Crippen molar-refractivity contribution in [1.82, 2.24) is 10.3 Å². The Kier molecular flexibility index (Phi) is 5.00. The highest BCUT2D eigenvalue weighted by Gasteiger charge is 2.26. The van der Waals surface area contributed by atoms with E-state index in [2.05, 4.69) is 10.3 Å². The Bertz CT molecular complexity index is 660. The van der Waals surface area contributed by atoms with E-state index in [-0.39, 0.29) is 12.1 Å². The number of ether oxygens (including phenoxy) is 1. The number of hydrogen-bond acceptors (Lipinski definition) is 4. The Labute approximate surface area is 135 Å². The summed E-state index contributed by atoms with van der Waals surface area (Å²) < 4.78 is 5.96. The number of benzene rings is 1. The number of rotatable bonds is 5. The highest BCUT2D eigenvalue weighted by molar-refractivity contribution is 5.92. The first-order valence-corrected chi connectivity index (χ1v) is 7.87. The third-order valence-corrected chi connectivity index (χ3v) is 4.14. The first kappa shape index (κ1) is 15.6. The molecule has 1 amide bonds. The van der Waals surface area contributed by atoms with Crippen LogP contribution in [0.4, 0.5) is 0 Å². The smallest absolute Gasteiger partial charge is 0.248 e. The molecule has 3 N–H and O–H groups in total. The monoisotopic (exact) mass is 311 g/mol. The molecule has 5 nitrogen and oxygen atoms in total. The van der Waals surface area contributed by atoms with Crippen LogP contribution >= 0.6 is 0 Å².